The van der Waals surface area contributed by atoms with Gasteiger partial charge in [0.2, 0.25) is 0 Å². The Morgan fingerprint density at radius 2 is 1.71 bits per heavy atom. The van der Waals surface area contributed by atoms with E-state index in [0.717, 1.165) is 22.6 Å². The van der Waals surface area contributed by atoms with Gasteiger partial charge in [0.1, 0.15) is 0 Å². The van der Waals surface area contributed by atoms with Crippen LogP contribution in [0.3, 0.4) is 0 Å². The number of benzene rings is 2. The first-order valence-electron chi connectivity index (χ1n) is 5.80. The van der Waals surface area contributed by atoms with E-state index in [1.165, 1.54) is 0 Å². The quantitative estimate of drug-likeness (QED) is 0.818. The number of carbonyl (C=O) groups excluding carboxylic acids is 1. The normalized spacial score (nSPS) is 12.9. The lowest BCUT2D eigenvalue weighted by Gasteiger charge is -2.17. The van der Waals surface area contributed by atoms with Gasteiger partial charge in [0.05, 0.1) is 6.10 Å². The van der Waals surface area contributed by atoms with Crippen molar-refractivity contribution in [2.24, 2.45) is 5.92 Å². The van der Waals surface area contributed by atoms with Gasteiger partial charge in [-0.15, -0.1) is 0 Å². The minimum Gasteiger partial charge on any atom is -0.388 e. The van der Waals surface area contributed by atoms with Crippen molar-refractivity contribution in [3.8, 4) is 0 Å². The zero-order chi connectivity index (χ0) is 12.4. The van der Waals surface area contributed by atoms with Gasteiger partial charge in [0.15, 0.2) is 6.29 Å². The van der Waals surface area contributed by atoms with Gasteiger partial charge in [-0.2, -0.15) is 0 Å². The number of aliphatic hydroxyl groups is 1. The number of hydrogen-bond donors (Lipinski definition) is 1. The molecule has 0 saturated heterocycles. The summed E-state index contributed by atoms with van der Waals surface area (Å²) in [7, 11) is 0. The van der Waals surface area contributed by atoms with Crippen LogP contribution >= 0.6 is 0 Å². The lowest BCUT2D eigenvalue weighted by molar-refractivity contribution is 0.112. The minimum atomic E-state index is -0.499. The number of aldehydes is 1. The fraction of sp³-hybridized carbons (Fsp3) is 0.267. The first-order valence-corrected chi connectivity index (χ1v) is 5.80. The van der Waals surface area contributed by atoms with Crippen LogP contribution in [0.2, 0.25) is 0 Å². The lowest BCUT2D eigenvalue weighted by Crippen LogP contribution is -2.06. The summed E-state index contributed by atoms with van der Waals surface area (Å²) < 4.78 is 0. The third kappa shape index (κ3) is 2.08. The van der Waals surface area contributed by atoms with Crippen LogP contribution in [0.25, 0.3) is 10.8 Å². The molecule has 88 valence electrons. The molecule has 0 aromatic heterocycles. The summed E-state index contributed by atoms with van der Waals surface area (Å²) in [5, 5.41) is 12.0. The Morgan fingerprint density at radius 1 is 1.06 bits per heavy atom. The molecule has 2 heteroatoms. The maximum absolute atomic E-state index is 11.0. The summed E-state index contributed by atoms with van der Waals surface area (Å²) in [5.41, 5.74) is 1.56. The number of aliphatic hydroxyl groups excluding tert-OH is 1. The predicted octanol–water partition coefficient (Wildman–Crippen LogP) is 3.34. The maximum Gasteiger partial charge on any atom is 0.150 e. The molecule has 0 aliphatic rings. The van der Waals surface area contributed by atoms with Crippen molar-refractivity contribution in [2.75, 3.05) is 0 Å². The highest BCUT2D eigenvalue weighted by atomic mass is 16.3. The van der Waals surface area contributed by atoms with E-state index in [4.69, 9.17) is 0 Å². The van der Waals surface area contributed by atoms with Crippen LogP contribution < -0.4 is 0 Å². The summed E-state index contributed by atoms with van der Waals surface area (Å²) in [6.07, 6.45) is 0.356. The summed E-state index contributed by atoms with van der Waals surface area (Å²) in [4.78, 5) is 11.0. The van der Waals surface area contributed by atoms with Crippen molar-refractivity contribution in [2.45, 2.75) is 20.0 Å². The highest BCUT2D eigenvalue weighted by Gasteiger charge is 2.15. The monoisotopic (exact) mass is 228 g/mol. The third-order valence-electron chi connectivity index (χ3n) is 3.07. The van der Waals surface area contributed by atoms with Crippen molar-refractivity contribution in [1.29, 1.82) is 0 Å². The summed E-state index contributed by atoms with van der Waals surface area (Å²) in [5.74, 6) is 0.153. The van der Waals surface area contributed by atoms with Gasteiger partial charge >= 0.3 is 0 Å². The standard InChI is InChI=1S/C15H16O2/c1-10(2)15(17)14-8-7-11(9-16)12-5-3-4-6-13(12)14/h3-10,15,17H,1-2H3/t15-/m1/s1. The molecule has 2 aromatic carbocycles. The molecule has 0 heterocycles. The van der Waals surface area contributed by atoms with Crippen molar-refractivity contribution in [3.05, 3.63) is 47.5 Å². The largest absolute Gasteiger partial charge is 0.388 e. The molecule has 2 nitrogen and oxygen atoms in total. The molecule has 17 heavy (non-hydrogen) atoms. The lowest BCUT2D eigenvalue weighted by atomic mass is 9.92. The number of fused-ring (bicyclic) bond motifs is 1. The molecule has 0 bridgehead atoms. The van der Waals surface area contributed by atoms with Crippen LogP contribution in [0.5, 0.6) is 0 Å². The first-order chi connectivity index (χ1) is 8.15. The maximum atomic E-state index is 11.0. The van der Waals surface area contributed by atoms with E-state index in [1.54, 1.807) is 6.07 Å². The molecule has 2 rings (SSSR count). The molecule has 0 radical (unpaired) electrons. The molecule has 1 N–H and O–H groups in total. The predicted molar refractivity (Wildman–Crippen MR) is 69.1 cm³/mol. The fourth-order valence-electron chi connectivity index (χ4n) is 2.07. The Morgan fingerprint density at radius 3 is 2.29 bits per heavy atom. The molecule has 0 amide bonds. The second-order valence-corrected chi connectivity index (χ2v) is 4.60. The summed E-state index contributed by atoms with van der Waals surface area (Å²) in [6, 6.07) is 11.3. The van der Waals surface area contributed by atoms with Crippen molar-refractivity contribution in [3.63, 3.8) is 0 Å². The van der Waals surface area contributed by atoms with Gasteiger partial charge in [-0.05, 0) is 22.3 Å². The van der Waals surface area contributed by atoms with Gasteiger partial charge in [-0.25, -0.2) is 0 Å². The SMILES string of the molecule is CC(C)[C@@H](O)c1ccc(C=O)c2ccccc12. The average molecular weight is 228 g/mol. The van der Waals surface area contributed by atoms with E-state index in [0.29, 0.717) is 5.56 Å². The Balaban J connectivity index is 2.70. The zero-order valence-electron chi connectivity index (χ0n) is 10.1. The van der Waals surface area contributed by atoms with Gasteiger partial charge in [0.25, 0.3) is 0 Å². The molecule has 1 atom stereocenters. The molecule has 0 aliphatic heterocycles. The van der Waals surface area contributed by atoms with E-state index in [-0.39, 0.29) is 5.92 Å². The molecule has 0 unspecified atom stereocenters. The Kier molecular flexibility index (Phi) is 3.25. The van der Waals surface area contributed by atoms with Gasteiger partial charge in [0, 0.05) is 5.56 Å². The van der Waals surface area contributed by atoms with Crippen molar-refractivity contribution < 1.29 is 9.90 Å². The van der Waals surface area contributed by atoms with Gasteiger partial charge in [-0.3, -0.25) is 4.79 Å². The number of hydrogen-bond acceptors (Lipinski definition) is 2. The second kappa shape index (κ2) is 4.68. The van der Waals surface area contributed by atoms with Crippen molar-refractivity contribution in [1.82, 2.24) is 0 Å². The zero-order valence-corrected chi connectivity index (χ0v) is 10.1. The van der Waals surface area contributed by atoms with Crippen LogP contribution in [-0.2, 0) is 0 Å². The topological polar surface area (TPSA) is 37.3 Å². The highest BCUT2D eigenvalue weighted by Crippen LogP contribution is 2.30. The van der Waals surface area contributed by atoms with Gasteiger partial charge < -0.3 is 5.11 Å². The highest BCUT2D eigenvalue weighted by molar-refractivity contribution is 5.99. The van der Waals surface area contributed by atoms with E-state index < -0.39 is 6.10 Å². The van der Waals surface area contributed by atoms with Crippen molar-refractivity contribution >= 4 is 17.1 Å². The minimum absolute atomic E-state index is 0.153. The Hall–Kier alpha value is -1.67. The summed E-state index contributed by atoms with van der Waals surface area (Å²) >= 11 is 0. The molecule has 0 fully saturated rings. The van der Waals surface area contributed by atoms with Crippen LogP contribution in [0.15, 0.2) is 36.4 Å². The second-order valence-electron chi connectivity index (χ2n) is 4.60. The molecular formula is C15H16O2. The molecule has 0 aliphatic carbocycles. The van der Waals surface area contributed by atoms with Crippen LogP contribution in [0.1, 0.15) is 35.9 Å². The first kappa shape index (κ1) is 11.8. The molecule has 0 spiro atoms. The molecule has 0 saturated carbocycles. The molecule has 2 aromatic rings. The van der Waals surface area contributed by atoms with Gasteiger partial charge in [-0.1, -0.05) is 50.2 Å². The number of carbonyl (C=O) groups is 1. The van der Waals surface area contributed by atoms with E-state index in [1.807, 2.05) is 44.2 Å². The molecular weight excluding hydrogens is 212 g/mol. The van der Waals surface area contributed by atoms with Crippen LogP contribution in [0, 0.1) is 5.92 Å². The van der Waals surface area contributed by atoms with E-state index in [2.05, 4.69) is 0 Å². The number of rotatable bonds is 3. The smallest absolute Gasteiger partial charge is 0.150 e. The Labute approximate surface area is 101 Å². The fourth-order valence-corrected chi connectivity index (χ4v) is 2.07. The van der Waals surface area contributed by atoms with E-state index >= 15 is 0 Å². The van der Waals surface area contributed by atoms with Crippen LogP contribution in [0.4, 0.5) is 0 Å². The average Bonchev–Trinajstić information content (AvgIpc) is 2.36. The summed E-state index contributed by atoms with van der Waals surface area (Å²) in [6.45, 7) is 3.96. The van der Waals surface area contributed by atoms with E-state index in [9.17, 15) is 9.90 Å². The Bertz CT molecular complexity index is 544. The third-order valence-corrected chi connectivity index (χ3v) is 3.07. The van der Waals surface area contributed by atoms with Crippen LogP contribution in [-0.4, -0.2) is 11.4 Å².